The predicted octanol–water partition coefficient (Wildman–Crippen LogP) is 7.98. The van der Waals surface area contributed by atoms with Crippen LogP contribution in [0.4, 0.5) is 5.69 Å². The third kappa shape index (κ3) is 13.1. The van der Waals surface area contributed by atoms with E-state index in [-0.39, 0.29) is 0 Å². The first kappa shape index (κ1) is 22.9. The number of rotatable bonds is 18. The summed E-state index contributed by atoms with van der Waals surface area (Å²) in [4.78, 5) is 0. The Morgan fingerprint density at radius 3 is 1.54 bits per heavy atom. The number of benzene rings is 1. The molecule has 0 aliphatic heterocycles. The van der Waals surface area contributed by atoms with Gasteiger partial charge in [-0.05, 0) is 37.6 Å². The lowest BCUT2D eigenvalue weighted by Crippen LogP contribution is -2.01. The number of anilines is 1. The Labute approximate surface area is 163 Å². The minimum atomic E-state index is 0.728. The molecule has 0 amide bonds. The van der Waals surface area contributed by atoms with Gasteiger partial charge in [0.05, 0.1) is 6.61 Å². The van der Waals surface area contributed by atoms with Crippen LogP contribution in [-0.2, 0) is 0 Å². The van der Waals surface area contributed by atoms with Crippen molar-refractivity contribution in [3.8, 4) is 5.75 Å². The summed E-state index contributed by atoms with van der Waals surface area (Å²) in [5, 5.41) is 3.50. The quantitative estimate of drug-likeness (QED) is 0.268. The summed E-state index contributed by atoms with van der Waals surface area (Å²) in [7, 11) is 0. The largest absolute Gasteiger partial charge is 0.494 e. The minimum Gasteiger partial charge on any atom is -0.494 e. The van der Waals surface area contributed by atoms with Crippen molar-refractivity contribution in [3.05, 3.63) is 24.3 Å². The molecule has 0 unspecified atom stereocenters. The van der Waals surface area contributed by atoms with Crippen molar-refractivity contribution in [2.45, 2.75) is 104 Å². The van der Waals surface area contributed by atoms with Crippen LogP contribution in [0.2, 0.25) is 0 Å². The highest BCUT2D eigenvalue weighted by atomic mass is 16.5. The molecule has 2 nitrogen and oxygen atoms in total. The van der Waals surface area contributed by atoms with Crippen LogP contribution >= 0.6 is 0 Å². The van der Waals surface area contributed by atoms with Crippen LogP contribution < -0.4 is 10.1 Å². The molecule has 0 heterocycles. The Bertz CT molecular complexity index is 401. The van der Waals surface area contributed by atoms with Gasteiger partial charge in [0.15, 0.2) is 0 Å². The number of ether oxygens (including phenoxy) is 1. The van der Waals surface area contributed by atoms with Gasteiger partial charge in [-0.15, -0.1) is 0 Å². The minimum absolute atomic E-state index is 0.728. The van der Waals surface area contributed by atoms with Gasteiger partial charge >= 0.3 is 0 Å². The zero-order valence-electron chi connectivity index (χ0n) is 17.5. The molecule has 0 spiro atoms. The van der Waals surface area contributed by atoms with Crippen molar-refractivity contribution in [2.24, 2.45) is 0 Å². The highest BCUT2D eigenvalue weighted by Crippen LogP contribution is 2.16. The van der Waals surface area contributed by atoms with Crippen LogP contribution in [0.3, 0.4) is 0 Å². The van der Waals surface area contributed by atoms with Crippen LogP contribution in [0.15, 0.2) is 24.3 Å². The molecule has 0 saturated heterocycles. The molecular formula is C24H43NO. The third-order valence-corrected chi connectivity index (χ3v) is 5.02. The monoisotopic (exact) mass is 361 g/mol. The summed E-state index contributed by atoms with van der Waals surface area (Å²) in [5.74, 6) is 0.953. The maximum Gasteiger partial charge on any atom is 0.119 e. The Morgan fingerprint density at radius 2 is 1.08 bits per heavy atom. The lowest BCUT2D eigenvalue weighted by Gasteiger charge is -2.08. The molecule has 0 saturated carbocycles. The molecule has 150 valence electrons. The van der Waals surface area contributed by atoms with E-state index in [0.29, 0.717) is 0 Å². The van der Waals surface area contributed by atoms with E-state index in [1.54, 1.807) is 0 Å². The second-order valence-corrected chi connectivity index (χ2v) is 7.48. The molecule has 0 atom stereocenters. The Morgan fingerprint density at radius 1 is 0.615 bits per heavy atom. The van der Waals surface area contributed by atoms with Crippen molar-refractivity contribution in [1.29, 1.82) is 0 Å². The molecule has 26 heavy (non-hydrogen) atoms. The summed E-state index contributed by atoms with van der Waals surface area (Å²) in [6, 6.07) is 8.29. The van der Waals surface area contributed by atoms with Gasteiger partial charge in [-0.2, -0.15) is 0 Å². The van der Waals surface area contributed by atoms with E-state index < -0.39 is 0 Å². The zero-order valence-corrected chi connectivity index (χ0v) is 17.5. The molecule has 0 fully saturated rings. The number of hydrogen-bond acceptors (Lipinski definition) is 2. The van der Waals surface area contributed by atoms with Gasteiger partial charge in [-0.1, -0.05) is 90.4 Å². The first-order valence-electron chi connectivity index (χ1n) is 11.3. The maximum atomic E-state index is 5.46. The fourth-order valence-corrected chi connectivity index (χ4v) is 3.39. The third-order valence-electron chi connectivity index (χ3n) is 5.02. The molecule has 1 aromatic carbocycles. The first-order chi connectivity index (χ1) is 12.9. The number of hydrogen-bond donors (Lipinski definition) is 1. The van der Waals surface area contributed by atoms with E-state index in [4.69, 9.17) is 4.74 Å². The Kier molecular flexibility index (Phi) is 15.2. The van der Waals surface area contributed by atoms with Crippen molar-refractivity contribution in [3.63, 3.8) is 0 Å². The molecule has 1 aromatic rings. The summed E-state index contributed by atoms with van der Waals surface area (Å²) >= 11 is 0. The standard InChI is InChI=1S/C24H43NO/c1-3-5-6-7-8-9-10-11-12-13-14-15-16-17-22-25-23-18-20-24(21-19-23)26-4-2/h18-21,25H,3-17,22H2,1-2H3. The first-order valence-corrected chi connectivity index (χ1v) is 11.3. The predicted molar refractivity (Wildman–Crippen MR) is 116 cm³/mol. The van der Waals surface area contributed by atoms with Crippen molar-refractivity contribution >= 4 is 5.69 Å². The van der Waals surface area contributed by atoms with E-state index >= 15 is 0 Å². The fraction of sp³-hybridized carbons (Fsp3) is 0.750. The molecule has 0 aliphatic rings. The zero-order chi connectivity index (χ0) is 18.7. The molecule has 0 radical (unpaired) electrons. The van der Waals surface area contributed by atoms with Crippen LogP contribution in [0.1, 0.15) is 104 Å². The Balaban J connectivity index is 1.80. The molecular weight excluding hydrogens is 318 g/mol. The average molecular weight is 362 g/mol. The lowest BCUT2D eigenvalue weighted by molar-refractivity contribution is 0.340. The summed E-state index contributed by atoms with van der Waals surface area (Å²) in [6.07, 6.45) is 19.8. The summed E-state index contributed by atoms with van der Waals surface area (Å²) in [6.45, 7) is 6.11. The molecule has 1 rings (SSSR count). The second-order valence-electron chi connectivity index (χ2n) is 7.48. The maximum absolute atomic E-state index is 5.46. The highest BCUT2D eigenvalue weighted by molar-refractivity contribution is 5.46. The van der Waals surface area contributed by atoms with Gasteiger partial charge < -0.3 is 10.1 Å². The Hall–Kier alpha value is -1.18. The van der Waals surface area contributed by atoms with Gasteiger partial charge in [-0.25, -0.2) is 0 Å². The molecule has 2 heteroatoms. The topological polar surface area (TPSA) is 21.3 Å². The molecule has 0 bridgehead atoms. The molecule has 1 N–H and O–H groups in total. The SMILES string of the molecule is CCCCCCCCCCCCCCCCNc1ccc(OCC)cc1. The van der Waals surface area contributed by atoms with Gasteiger partial charge in [0.1, 0.15) is 5.75 Å². The fourth-order valence-electron chi connectivity index (χ4n) is 3.39. The average Bonchev–Trinajstić information content (AvgIpc) is 2.66. The molecule has 0 aliphatic carbocycles. The summed E-state index contributed by atoms with van der Waals surface area (Å²) < 4.78 is 5.46. The van der Waals surface area contributed by atoms with E-state index in [1.165, 1.54) is 95.6 Å². The van der Waals surface area contributed by atoms with Crippen molar-refractivity contribution < 1.29 is 4.74 Å². The van der Waals surface area contributed by atoms with E-state index in [1.807, 2.05) is 19.1 Å². The van der Waals surface area contributed by atoms with Gasteiger partial charge in [0, 0.05) is 12.2 Å². The second kappa shape index (κ2) is 17.2. The van der Waals surface area contributed by atoms with Crippen LogP contribution in [0.5, 0.6) is 5.75 Å². The van der Waals surface area contributed by atoms with Gasteiger partial charge in [0.25, 0.3) is 0 Å². The van der Waals surface area contributed by atoms with E-state index in [0.717, 1.165) is 18.9 Å². The summed E-state index contributed by atoms with van der Waals surface area (Å²) in [5.41, 5.74) is 1.20. The number of nitrogens with one attached hydrogen (secondary N) is 1. The van der Waals surface area contributed by atoms with Crippen molar-refractivity contribution in [2.75, 3.05) is 18.5 Å². The number of unbranched alkanes of at least 4 members (excludes halogenated alkanes) is 13. The van der Waals surface area contributed by atoms with Gasteiger partial charge in [0.2, 0.25) is 0 Å². The van der Waals surface area contributed by atoms with Crippen molar-refractivity contribution in [1.82, 2.24) is 0 Å². The van der Waals surface area contributed by atoms with E-state index in [2.05, 4.69) is 24.4 Å². The van der Waals surface area contributed by atoms with Crippen LogP contribution in [-0.4, -0.2) is 13.2 Å². The lowest BCUT2D eigenvalue weighted by atomic mass is 10.0. The molecule has 0 aromatic heterocycles. The highest BCUT2D eigenvalue weighted by Gasteiger charge is 1.96. The van der Waals surface area contributed by atoms with Gasteiger partial charge in [-0.3, -0.25) is 0 Å². The normalized spacial score (nSPS) is 10.8. The smallest absolute Gasteiger partial charge is 0.119 e. The van der Waals surface area contributed by atoms with Crippen LogP contribution in [0, 0.1) is 0 Å². The van der Waals surface area contributed by atoms with Crippen LogP contribution in [0.25, 0.3) is 0 Å². The van der Waals surface area contributed by atoms with E-state index in [9.17, 15) is 0 Å².